The van der Waals surface area contributed by atoms with Crippen LogP contribution in [0.4, 0.5) is 0 Å². The van der Waals surface area contributed by atoms with Gasteiger partial charge in [0.25, 0.3) is 0 Å². The molecule has 0 aliphatic heterocycles. The van der Waals surface area contributed by atoms with E-state index in [-0.39, 0.29) is 41.7 Å². The second-order valence-electron chi connectivity index (χ2n) is 26.8. The number of rotatable bonds is 25. The average molecular weight is 1310 g/mol. The first-order chi connectivity index (χ1) is 43.9. The first-order valence-electron chi connectivity index (χ1n) is 35.5. The minimum atomic E-state index is -0.278. The average Bonchev–Trinajstić information content (AvgIpc) is 0.831. The van der Waals surface area contributed by atoms with Gasteiger partial charge < -0.3 is 43.7 Å². The van der Waals surface area contributed by atoms with Crippen LogP contribution in [0.15, 0.2) is 97.1 Å². The Kier molecular flexibility index (Phi) is 53.3. The smallest absolute Gasteiger partial charge is 0.125 e. The molecule has 0 aromatic heterocycles. The normalized spacial score (nSPS) is 12.3. The van der Waals surface area contributed by atoms with Gasteiger partial charge in [-0.25, -0.2) is 0 Å². The van der Waals surface area contributed by atoms with Gasteiger partial charge in [0, 0.05) is 17.4 Å². The van der Waals surface area contributed by atoms with E-state index >= 15 is 0 Å². The number of hydrogen-bond acceptors (Lipinski definition) is 9. The molecule has 94 heavy (non-hydrogen) atoms. The second-order valence-corrected chi connectivity index (χ2v) is 26.8. The van der Waals surface area contributed by atoms with E-state index in [1.165, 1.54) is 16.7 Å². The minimum absolute atomic E-state index is 0.0744. The van der Waals surface area contributed by atoms with Gasteiger partial charge in [-0.3, -0.25) is 0 Å². The summed E-state index contributed by atoms with van der Waals surface area (Å²) in [4.78, 5) is 0. The first kappa shape index (κ1) is 97.0. The van der Waals surface area contributed by atoms with E-state index in [9.17, 15) is 15.3 Å². The summed E-state index contributed by atoms with van der Waals surface area (Å²) in [5.74, 6) is 8.12. The number of aryl methyl sites for hydroxylation is 8. The maximum absolute atomic E-state index is 9.57. The highest BCUT2D eigenvalue weighted by Crippen LogP contribution is 2.40. The van der Waals surface area contributed by atoms with Gasteiger partial charge in [-0.2, -0.15) is 0 Å². The zero-order chi connectivity index (χ0) is 74.5. The van der Waals surface area contributed by atoms with E-state index < -0.39 is 0 Å². The summed E-state index contributed by atoms with van der Waals surface area (Å²) in [6.07, 6.45) is 15.9. The van der Waals surface area contributed by atoms with Crippen molar-refractivity contribution in [3.8, 4) is 40.2 Å². The van der Waals surface area contributed by atoms with Crippen molar-refractivity contribution in [3.05, 3.63) is 147 Å². The van der Waals surface area contributed by atoms with Crippen molar-refractivity contribution in [1.82, 2.24) is 0 Å². The Balaban J connectivity index is -0.000000349. The molecule has 542 valence electrons. The van der Waals surface area contributed by atoms with E-state index in [1.807, 2.05) is 204 Å². The number of aliphatic hydroxyl groups excluding tert-OH is 2. The fourth-order valence-electron chi connectivity index (χ4n) is 8.48. The molecule has 0 saturated heterocycles. The van der Waals surface area contributed by atoms with Gasteiger partial charge in [0.2, 0.25) is 0 Å². The first-order valence-corrected chi connectivity index (χ1v) is 35.5. The molecule has 0 saturated carbocycles. The highest BCUT2D eigenvalue weighted by molar-refractivity contribution is 5.48. The molecule has 4 aromatic carbocycles. The summed E-state index contributed by atoms with van der Waals surface area (Å²) >= 11 is 0. The summed E-state index contributed by atoms with van der Waals surface area (Å²) in [6, 6.07) is 16.0. The molecule has 0 heterocycles. The van der Waals surface area contributed by atoms with Crippen LogP contribution < -0.4 is 28.4 Å². The Labute approximate surface area is 581 Å². The van der Waals surface area contributed by atoms with Gasteiger partial charge in [-0.05, 0) is 230 Å². The molecular formula is C85H148O9. The Morgan fingerprint density at radius 3 is 0.809 bits per heavy atom. The van der Waals surface area contributed by atoms with Gasteiger partial charge in [0.15, 0.2) is 0 Å². The third kappa shape index (κ3) is 35.9. The van der Waals surface area contributed by atoms with Crippen LogP contribution >= 0.6 is 0 Å². The highest BCUT2D eigenvalue weighted by Gasteiger charge is 2.33. The molecule has 0 spiro atoms. The van der Waals surface area contributed by atoms with Crippen molar-refractivity contribution < 1.29 is 43.7 Å². The molecule has 0 radical (unpaired) electrons. The van der Waals surface area contributed by atoms with Gasteiger partial charge >= 0.3 is 0 Å². The fourth-order valence-corrected chi connectivity index (χ4v) is 8.48. The standard InChI is InChI=1S/C20H32O2.C18H28O3.C18H28O2.C12H16O2.C9H20.4C2H6/c1-9-10-11-21-18-12-15(4)19(16(5)13-18)22-17(6)20(7,8)14(2)3;1-7-8-9-20-16-10-13(2)17(14(3)11-16)21-15(4)18(5,6)12-19;1-7-8-9-20-16-10-13(2)17(14(3)11-16)15(4)18(5,6)12-19;1-4-5-6-14-11-7-9(2)12(13)10(3)8-11;1-7(2)9(5,6)8(3)4;4*1-2/h9-10,12-14,17H,11H2,1-8H3;7-8,10-11,15,19H,9,12H2,1-6H3;7-8,10-11,15,19H,9,12H2,1-6H3;4-5,7-8,13H,6H2,1-3H3;7-8H,1-6H3;4*1-2H3/b10-9+;2*8-7+;5-4+;;;;;. The van der Waals surface area contributed by atoms with Gasteiger partial charge in [-0.15, -0.1) is 0 Å². The number of aliphatic hydroxyl groups is 2. The topological polar surface area (TPSA) is 116 Å². The van der Waals surface area contributed by atoms with E-state index in [1.54, 1.807) is 0 Å². The largest absolute Gasteiger partial charge is 0.507 e. The van der Waals surface area contributed by atoms with Crippen LogP contribution in [0.3, 0.4) is 0 Å². The summed E-state index contributed by atoms with van der Waals surface area (Å²) in [5, 5.41) is 28.5. The second kappa shape index (κ2) is 51.6. The lowest BCUT2D eigenvalue weighted by Gasteiger charge is -2.36. The van der Waals surface area contributed by atoms with Crippen LogP contribution in [-0.4, -0.2) is 67.2 Å². The van der Waals surface area contributed by atoms with Crippen LogP contribution in [0, 0.1) is 94.8 Å². The third-order valence-electron chi connectivity index (χ3n) is 17.8. The summed E-state index contributed by atoms with van der Waals surface area (Å²) in [6.45, 7) is 80.1. The summed E-state index contributed by atoms with van der Waals surface area (Å²) in [5.41, 5.74) is 10.1. The number of ether oxygens (including phenoxy) is 6. The molecule has 0 aliphatic carbocycles. The highest BCUT2D eigenvalue weighted by atomic mass is 16.5. The Hall–Kier alpha value is -5.64. The fraction of sp³-hybridized carbons (Fsp3) is 0.624. The Bertz CT molecular complexity index is 2610. The molecule has 9 heteroatoms. The van der Waals surface area contributed by atoms with Crippen molar-refractivity contribution in [1.29, 1.82) is 0 Å². The van der Waals surface area contributed by atoms with Crippen molar-refractivity contribution in [3.63, 3.8) is 0 Å². The van der Waals surface area contributed by atoms with Crippen LogP contribution in [0.25, 0.3) is 0 Å². The van der Waals surface area contributed by atoms with E-state index in [4.69, 9.17) is 28.4 Å². The monoisotopic (exact) mass is 1310 g/mol. The zero-order valence-electron chi connectivity index (χ0n) is 67.7. The molecule has 3 N–H and O–H groups in total. The Morgan fingerprint density at radius 2 is 0.585 bits per heavy atom. The Morgan fingerprint density at radius 1 is 0.351 bits per heavy atom. The number of phenols is 1. The predicted octanol–water partition coefficient (Wildman–Crippen LogP) is 24.5. The van der Waals surface area contributed by atoms with Gasteiger partial charge in [-0.1, -0.05) is 208 Å². The van der Waals surface area contributed by atoms with E-state index in [2.05, 4.69) is 149 Å². The number of benzene rings is 4. The van der Waals surface area contributed by atoms with Crippen molar-refractivity contribution >= 4 is 0 Å². The number of aromatic hydroxyl groups is 1. The van der Waals surface area contributed by atoms with Crippen molar-refractivity contribution in [2.45, 2.75) is 274 Å². The number of phenolic OH excluding ortho intramolecular Hbond substituents is 1. The van der Waals surface area contributed by atoms with Crippen molar-refractivity contribution in [2.75, 3.05) is 39.6 Å². The lowest BCUT2D eigenvalue weighted by Crippen LogP contribution is -2.36. The molecule has 0 bridgehead atoms. The lowest BCUT2D eigenvalue weighted by molar-refractivity contribution is 0.0358. The van der Waals surface area contributed by atoms with E-state index in [0.717, 1.165) is 79.7 Å². The van der Waals surface area contributed by atoms with Crippen LogP contribution in [0.5, 0.6) is 40.2 Å². The molecule has 0 fully saturated rings. The van der Waals surface area contributed by atoms with Gasteiger partial charge in [0.05, 0.1) is 6.61 Å². The minimum Gasteiger partial charge on any atom is -0.507 e. The number of allylic oxidation sites excluding steroid dienone is 4. The lowest BCUT2D eigenvalue weighted by atomic mass is 9.72. The summed E-state index contributed by atoms with van der Waals surface area (Å²) in [7, 11) is 0. The van der Waals surface area contributed by atoms with Crippen molar-refractivity contribution in [2.24, 2.45) is 39.4 Å². The molecule has 0 amide bonds. The zero-order valence-corrected chi connectivity index (χ0v) is 67.7. The molecule has 0 aliphatic rings. The van der Waals surface area contributed by atoms with Crippen LogP contribution in [0.1, 0.15) is 257 Å². The number of hydrogen-bond donors (Lipinski definition) is 3. The predicted molar refractivity (Wildman–Crippen MR) is 414 cm³/mol. The maximum Gasteiger partial charge on any atom is 0.125 e. The molecular weight excluding hydrogens is 1160 g/mol. The molecule has 4 aromatic rings. The van der Waals surface area contributed by atoms with Crippen LogP contribution in [-0.2, 0) is 0 Å². The van der Waals surface area contributed by atoms with Gasteiger partial charge in [0.1, 0.15) is 78.9 Å². The molecule has 9 nitrogen and oxygen atoms in total. The molecule has 3 atom stereocenters. The van der Waals surface area contributed by atoms with Crippen LogP contribution in [0.2, 0.25) is 0 Å². The quantitative estimate of drug-likeness (QED) is 0.0558. The maximum atomic E-state index is 9.57. The molecule has 3 unspecified atom stereocenters. The third-order valence-corrected chi connectivity index (χ3v) is 17.8. The SMILES string of the molecule is C/C=C/COc1cc(C)c(C(C)C(C)(C)CO)c(C)c1.C/C=C/COc1cc(C)c(O)c(C)c1.C/C=C/COc1cc(C)c(OC(C)C(C)(C)C(C)C)c(C)c1.C/C=C/COc1cc(C)c(OC(C)C(C)(C)CO)c(C)c1.CC.CC.CC.CC.CC(C)C(C)(C)C(C)C. The summed E-state index contributed by atoms with van der Waals surface area (Å²) < 4.78 is 35.0. The van der Waals surface area contributed by atoms with E-state index in [0.29, 0.717) is 49.4 Å². The molecule has 4 rings (SSSR count).